The van der Waals surface area contributed by atoms with Crippen LogP contribution in [0.25, 0.3) is 0 Å². The summed E-state index contributed by atoms with van der Waals surface area (Å²) in [6.45, 7) is 2.64. The fourth-order valence-corrected chi connectivity index (χ4v) is 3.25. The van der Waals surface area contributed by atoms with Crippen molar-refractivity contribution < 1.29 is 19.1 Å². The molecule has 1 unspecified atom stereocenters. The van der Waals surface area contributed by atoms with E-state index in [1.165, 1.54) is 23.3 Å². The zero-order chi connectivity index (χ0) is 16.4. The van der Waals surface area contributed by atoms with Gasteiger partial charge in [-0.05, 0) is 42.5 Å². The molecule has 0 saturated heterocycles. The smallest absolute Gasteiger partial charge is 0.371 e. The van der Waals surface area contributed by atoms with Crippen molar-refractivity contribution in [1.82, 2.24) is 5.32 Å². The van der Waals surface area contributed by atoms with E-state index < -0.39 is 5.97 Å². The fourth-order valence-electron chi connectivity index (χ4n) is 3.25. The van der Waals surface area contributed by atoms with Crippen LogP contribution in [-0.4, -0.2) is 23.5 Å². The summed E-state index contributed by atoms with van der Waals surface area (Å²) in [7, 11) is 0. The molecule has 120 valence electrons. The van der Waals surface area contributed by atoms with Crippen LogP contribution in [-0.2, 0) is 11.8 Å². The second kappa shape index (κ2) is 5.91. The lowest BCUT2D eigenvalue weighted by molar-refractivity contribution is 0.0659. The number of hydrogen-bond acceptors (Lipinski definition) is 3. The summed E-state index contributed by atoms with van der Waals surface area (Å²) < 4.78 is 5.04. The molecule has 0 fully saturated rings. The van der Waals surface area contributed by atoms with Crippen molar-refractivity contribution in [2.24, 2.45) is 0 Å². The molecular weight excluding hydrogens is 294 g/mol. The number of fused-ring (bicyclic) bond motifs is 1. The zero-order valence-electron chi connectivity index (χ0n) is 13.0. The molecule has 1 aromatic heterocycles. The van der Waals surface area contributed by atoms with Crippen molar-refractivity contribution in [1.29, 1.82) is 0 Å². The molecule has 2 aromatic rings. The van der Waals surface area contributed by atoms with Gasteiger partial charge < -0.3 is 14.8 Å². The van der Waals surface area contributed by atoms with Crippen LogP contribution < -0.4 is 5.32 Å². The van der Waals surface area contributed by atoms with Gasteiger partial charge in [0.1, 0.15) is 0 Å². The lowest BCUT2D eigenvalue weighted by Crippen LogP contribution is -2.40. The maximum absolute atomic E-state index is 12.2. The van der Waals surface area contributed by atoms with Gasteiger partial charge in [-0.25, -0.2) is 4.79 Å². The number of rotatable bonds is 4. The van der Waals surface area contributed by atoms with Crippen molar-refractivity contribution in [3.8, 4) is 0 Å². The quantitative estimate of drug-likeness (QED) is 0.909. The van der Waals surface area contributed by atoms with E-state index in [4.69, 9.17) is 9.52 Å². The number of benzene rings is 1. The second-order valence-electron chi connectivity index (χ2n) is 6.22. The van der Waals surface area contributed by atoms with Gasteiger partial charge in [0.15, 0.2) is 5.76 Å². The fraction of sp³-hybridized carbons (Fsp3) is 0.333. The van der Waals surface area contributed by atoms with Gasteiger partial charge in [-0.1, -0.05) is 31.2 Å². The summed E-state index contributed by atoms with van der Waals surface area (Å²) in [5.41, 5.74) is 2.49. The first kappa shape index (κ1) is 15.3. The van der Waals surface area contributed by atoms with E-state index in [0.29, 0.717) is 6.54 Å². The van der Waals surface area contributed by atoms with E-state index in [1.807, 2.05) is 12.1 Å². The highest BCUT2D eigenvalue weighted by atomic mass is 16.4. The second-order valence-corrected chi connectivity index (χ2v) is 6.22. The maximum Gasteiger partial charge on any atom is 0.371 e. The van der Waals surface area contributed by atoms with Gasteiger partial charge in [-0.15, -0.1) is 0 Å². The van der Waals surface area contributed by atoms with Crippen molar-refractivity contribution in [3.63, 3.8) is 0 Å². The van der Waals surface area contributed by atoms with Crippen LogP contribution in [0.15, 0.2) is 40.8 Å². The average Bonchev–Trinajstić information content (AvgIpc) is 3.04. The number of aromatic carboxylic acids is 1. The van der Waals surface area contributed by atoms with E-state index in [0.717, 1.165) is 19.3 Å². The monoisotopic (exact) mass is 313 g/mol. The first-order chi connectivity index (χ1) is 11.0. The highest BCUT2D eigenvalue weighted by molar-refractivity contribution is 5.93. The topological polar surface area (TPSA) is 79.5 Å². The van der Waals surface area contributed by atoms with E-state index in [1.54, 1.807) is 0 Å². The molecule has 0 radical (unpaired) electrons. The molecule has 1 atom stereocenters. The molecule has 1 amide bonds. The molecule has 0 aliphatic heterocycles. The third-order valence-electron chi connectivity index (χ3n) is 4.52. The number of hydrogen-bond donors (Lipinski definition) is 2. The Balaban J connectivity index is 1.72. The predicted molar refractivity (Wildman–Crippen MR) is 84.7 cm³/mol. The van der Waals surface area contributed by atoms with Crippen molar-refractivity contribution >= 4 is 11.9 Å². The summed E-state index contributed by atoms with van der Waals surface area (Å²) in [6, 6.07) is 11.0. The van der Waals surface area contributed by atoms with Crippen LogP contribution in [0.4, 0.5) is 0 Å². The number of carbonyl (C=O) groups excluding carboxylic acids is 1. The Kier molecular flexibility index (Phi) is 3.94. The minimum absolute atomic E-state index is 0.0232. The molecule has 0 spiro atoms. The van der Waals surface area contributed by atoms with E-state index >= 15 is 0 Å². The van der Waals surface area contributed by atoms with E-state index in [9.17, 15) is 9.59 Å². The van der Waals surface area contributed by atoms with Crippen LogP contribution in [0.1, 0.15) is 52.0 Å². The Morgan fingerprint density at radius 2 is 1.96 bits per heavy atom. The van der Waals surface area contributed by atoms with Gasteiger partial charge in [0.2, 0.25) is 5.76 Å². The first-order valence-corrected chi connectivity index (χ1v) is 7.69. The first-order valence-electron chi connectivity index (χ1n) is 7.69. The minimum atomic E-state index is -1.18. The molecule has 2 N–H and O–H groups in total. The zero-order valence-corrected chi connectivity index (χ0v) is 13.0. The van der Waals surface area contributed by atoms with Gasteiger partial charge in [-0.2, -0.15) is 0 Å². The lowest BCUT2D eigenvalue weighted by atomic mass is 9.71. The summed E-state index contributed by atoms with van der Waals surface area (Å²) in [4.78, 5) is 23.0. The van der Waals surface area contributed by atoms with Crippen molar-refractivity contribution in [3.05, 3.63) is 59.0 Å². The molecule has 3 rings (SSSR count). The van der Waals surface area contributed by atoms with Crippen molar-refractivity contribution in [2.75, 3.05) is 6.54 Å². The summed E-state index contributed by atoms with van der Waals surface area (Å²) in [6.07, 6.45) is 3.16. The summed E-state index contributed by atoms with van der Waals surface area (Å²) in [5.74, 6) is -1.78. The van der Waals surface area contributed by atoms with Crippen molar-refractivity contribution in [2.45, 2.75) is 31.6 Å². The Labute approximate surface area is 134 Å². The van der Waals surface area contributed by atoms with Gasteiger partial charge in [0, 0.05) is 12.0 Å². The van der Waals surface area contributed by atoms with Gasteiger partial charge in [0.25, 0.3) is 5.91 Å². The molecule has 5 nitrogen and oxygen atoms in total. The number of carboxylic acid groups (broad SMARTS) is 1. The largest absolute Gasteiger partial charge is 0.475 e. The van der Waals surface area contributed by atoms with Crippen LogP contribution in [0.2, 0.25) is 0 Å². The molecule has 1 heterocycles. The summed E-state index contributed by atoms with van der Waals surface area (Å²) >= 11 is 0. The number of amides is 1. The number of aryl methyl sites for hydroxylation is 1. The minimum Gasteiger partial charge on any atom is -0.475 e. The predicted octanol–water partition coefficient (Wildman–Crippen LogP) is 3.00. The number of carbonyl (C=O) groups is 2. The molecule has 1 aliphatic rings. The number of nitrogens with one attached hydrogen (secondary N) is 1. The number of carboxylic acids is 1. The Bertz CT molecular complexity index is 749. The van der Waals surface area contributed by atoms with Crippen LogP contribution in [0.3, 0.4) is 0 Å². The average molecular weight is 313 g/mol. The SMILES string of the molecule is CC1(CNC(=O)c2ccc(C(=O)O)o2)CCCc2ccccc21. The molecule has 1 aliphatic carbocycles. The molecule has 0 saturated carbocycles. The van der Waals surface area contributed by atoms with Gasteiger partial charge in [-0.3, -0.25) is 4.79 Å². The highest BCUT2D eigenvalue weighted by Crippen LogP contribution is 2.36. The molecule has 1 aromatic carbocycles. The van der Waals surface area contributed by atoms with Gasteiger partial charge in [0.05, 0.1) is 0 Å². The maximum atomic E-state index is 12.2. The Morgan fingerprint density at radius 1 is 1.22 bits per heavy atom. The van der Waals surface area contributed by atoms with Gasteiger partial charge >= 0.3 is 5.97 Å². The standard InChI is InChI=1S/C18H19NO4/c1-18(10-4-6-12-5-2-3-7-13(12)18)11-19-16(20)14-8-9-15(23-14)17(21)22/h2-3,5,7-9H,4,6,10-11H2,1H3,(H,19,20)(H,21,22). The normalized spacial score (nSPS) is 19.9. The highest BCUT2D eigenvalue weighted by Gasteiger charge is 2.32. The van der Waals surface area contributed by atoms with E-state index in [2.05, 4.69) is 24.4 Å². The Hall–Kier alpha value is -2.56. The molecule has 0 bridgehead atoms. The third-order valence-corrected chi connectivity index (χ3v) is 4.52. The Morgan fingerprint density at radius 3 is 2.70 bits per heavy atom. The molecule has 5 heteroatoms. The molecular formula is C18H19NO4. The number of furan rings is 1. The lowest BCUT2D eigenvalue weighted by Gasteiger charge is -2.36. The molecule has 23 heavy (non-hydrogen) atoms. The summed E-state index contributed by atoms with van der Waals surface area (Å²) in [5, 5.41) is 11.7. The van der Waals surface area contributed by atoms with E-state index in [-0.39, 0.29) is 22.8 Å². The van der Waals surface area contributed by atoms with Crippen LogP contribution in [0.5, 0.6) is 0 Å². The van der Waals surface area contributed by atoms with Crippen LogP contribution >= 0.6 is 0 Å². The van der Waals surface area contributed by atoms with Crippen LogP contribution in [0, 0.1) is 0 Å². The third kappa shape index (κ3) is 2.99.